The third-order valence-corrected chi connectivity index (χ3v) is 5.66. The van der Waals surface area contributed by atoms with Crippen molar-refractivity contribution in [2.24, 2.45) is 0 Å². The lowest BCUT2D eigenvalue weighted by molar-refractivity contribution is 0.0681. The van der Waals surface area contributed by atoms with E-state index in [2.05, 4.69) is 21.6 Å². The lowest BCUT2D eigenvalue weighted by Gasteiger charge is -2.38. The van der Waals surface area contributed by atoms with Crippen LogP contribution in [0, 0.1) is 0 Å². The minimum Gasteiger partial charge on any atom is -0.478 e. The Labute approximate surface area is 173 Å². The minimum absolute atomic E-state index is 0.0538. The zero-order valence-electron chi connectivity index (χ0n) is 17.7. The Bertz CT molecular complexity index is 789. The second-order valence-electron chi connectivity index (χ2n) is 7.88. The number of nitrogens with zero attached hydrogens (tertiary/aromatic N) is 2. The van der Waals surface area contributed by atoms with Crippen molar-refractivity contribution in [2.45, 2.75) is 45.3 Å². The molecule has 0 spiro atoms. The fourth-order valence-corrected chi connectivity index (χ4v) is 4.15. The highest BCUT2D eigenvalue weighted by Gasteiger charge is 2.24. The van der Waals surface area contributed by atoms with Crippen LogP contribution in [-0.2, 0) is 14.8 Å². The zero-order chi connectivity index (χ0) is 21.6. The zero-order valence-corrected chi connectivity index (χ0v) is 18.5. The van der Waals surface area contributed by atoms with Crippen LogP contribution in [0.3, 0.4) is 0 Å². The summed E-state index contributed by atoms with van der Waals surface area (Å²) >= 11 is 0. The molecule has 2 rings (SSSR count). The molecule has 8 nitrogen and oxygen atoms in total. The molecule has 0 amide bonds. The van der Waals surface area contributed by atoms with Gasteiger partial charge in [-0.1, -0.05) is 0 Å². The fourth-order valence-electron chi connectivity index (χ4n) is 3.59. The molecule has 1 aromatic rings. The molecule has 0 saturated carbocycles. The Kier molecular flexibility index (Phi) is 8.30. The van der Waals surface area contributed by atoms with E-state index in [1.54, 1.807) is 6.07 Å². The molecule has 1 saturated heterocycles. The number of ether oxygens (including phenoxy) is 1. The van der Waals surface area contributed by atoms with E-state index in [0.29, 0.717) is 17.4 Å². The van der Waals surface area contributed by atoms with Crippen LogP contribution < -0.4 is 9.62 Å². The van der Waals surface area contributed by atoms with Gasteiger partial charge in [-0.2, -0.15) is 0 Å². The van der Waals surface area contributed by atoms with Gasteiger partial charge in [-0.05, 0) is 58.4 Å². The van der Waals surface area contributed by atoms with E-state index < -0.39 is 16.0 Å². The normalized spacial score (nSPS) is 15.9. The van der Waals surface area contributed by atoms with Crippen molar-refractivity contribution < 1.29 is 23.1 Å². The van der Waals surface area contributed by atoms with E-state index in [4.69, 9.17) is 4.74 Å². The number of rotatable bonds is 10. The van der Waals surface area contributed by atoms with Crippen LogP contribution in [0.2, 0.25) is 0 Å². The molecule has 1 aliphatic rings. The van der Waals surface area contributed by atoms with Crippen LogP contribution >= 0.6 is 0 Å². The molecule has 0 aromatic heterocycles. The van der Waals surface area contributed by atoms with Crippen molar-refractivity contribution in [2.75, 3.05) is 49.2 Å². The van der Waals surface area contributed by atoms with E-state index in [1.807, 2.05) is 13.8 Å². The molecular weight excluding hydrogens is 394 g/mol. The Hall–Kier alpha value is -1.84. The largest absolute Gasteiger partial charge is 0.478 e. The van der Waals surface area contributed by atoms with Gasteiger partial charge in [0.25, 0.3) is 0 Å². The van der Waals surface area contributed by atoms with Crippen LogP contribution in [-0.4, -0.2) is 76.1 Å². The van der Waals surface area contributed by atoms with E-state index >= 15 is 0 Å². The quantitative estimate of drug-likeness (QED) is 0.553. The number of benzene rings is 1. The predicted octanol–water partition coefficient (Wildman–Crippen LogP) is 2.47. The van der Waals surface area contributed by atoms with Gasteiger partial charge in [0.05, 0.1) is 29.3 Å². The summed E-state index contributed by atoms with van der Waals surface area (Å²) in [5, 5.41) is 9.22. The topological polar surface area (TPSA) is 99.2 Å². The number of sulfonamides is 1. The van der Waals surface area contributed by atoms with Gasteiger partial charge in [-0.3, -0.25) is 4.72 Å². The molecule has 29 heavy (non-hydrogen) atoms. The average Bonchev–Trinajstić information content (AvgIpc) is 2.63. The Balaban J connectivity index is 2.00. The molecular formula is C20H33N3O5S. The summed E-state index contributed by atoms with van der Waals surface area (Å²) in [6.07, 6.45) is 4.23. The first-order valence-electron chi connectivity index (χ1n) is 9.98. The SMILES string of the molecule is CC(C)OCCCN(C)C1CCN(c2ccc(C(=O)O)cc2NS(C)(=O)=O)CC1. The number of aromatic carboxylic acids is 1. The highest BCUT2D eigenvalue weighted by atomic mass is 32.2. The molecule has 1 fully saturated rings. The third kappa shape index (κ3) is 7.49. The molecule has 0 bridgehead atoms. The van der Waals surface area contributed by atoms with Crippen molar-refractivity contribution >= 4 is 27.4 Å². The van der Waals surface area contributed by atoms with E-state index in [0.717, 1.165) is 51.8 Å². The number of hydrogen-bond donors (Lipinski definition) is 2. The van der Waals surface area contributed by atoms with Gasteiger partial charge in [0.15, 0.2) is 0 Å². The lowest BCUT2D eigenvalue weighted by atomic mass is 10.0. The standard InChI is InChI=1S/C20H33N3O5S/c1-15(2)28-13-5-10-22(3)17-8-11-23(12-9-17)19-7-6-16(20(24)25)14-18(19)21-29(4,26)27/h6-7,14-15,17,21H,5,8-13H2,1-4H3,(H,24,25). The highest BCUT2D eigenvalue weighted by Crippen LogP contribution is 2.31. The summed E-state index contributed by atoms with van der Waals surface area (Å²) in [6, 6.07) is 5.04. The van der Waals surface area contributed by atoms with Gasteiger partial charge >= 0.3 is 5.97 Å². The van der Waals surface area contributed by atoms with Crippen LogP contribution in [0.25, 0.3) is 0 Å². The van der Waals surface area contributed by atoms with E-state index in [-0.39, 0.29) is 11.7 Å². The van der Waals surface area contributed by atoms with E-state index in [1.165, 1.54) is 12.1 Å². The smallest absolute Gasteiger partial charge is 0.335 e. The summed E-state index contributed by atoms with van der Waals surface area (Å²) in [4.78, 5) is 15.7. The summed E-state index contributed by atoms with van der Waals surface area (Å²) in [5.41, 5.74) is 1.08. The summed E-state index contributed by atoms with van der Waals surface area (Å²) in [5.74, 6) is -1.09. The maximum atomic E-state index is 11.7. The van der Waals surface area contributed by atoms with E-state index in [9.17, 15) is 18.3 Å². The Morgan fingerprint density at radius 3 is 2.55 bits per heavy atom. The van der Waals surface area contributed by atoms with Gasteiger partial charge in [0.2, 0.25) is 10.0 Å². The number of carboxylic acids is 1. The summed E-state index contributed by atoms with van der Waals surface area (Å²) in [7, 11) is -1.38. The molecule has 164 valence electrons. The summed E-state index contributed by atoms with van der Waals surface area (Å²) in [6.45, 7) is 7.37. The molecule has 0 atom stereocenters. The molecule has 1 heterocycles. The van der Waals surface area contributed by atoms with Crippen LogP contribution in [0.4, 0.5) is 11.4 Å². The van der Waals surface area contributed by atoms with Gasteiger partial charge in [-0.25, -0.2) is 13.2 Å². The molecule has 9 heteroatoms. The first kappa shape index (κ1) is 23.4. The van der Waals surface area contributed by atoms with Crippen molar-refractivity contribution in [1.29, 1.82) is 0 Å². The first-order chi connectivity index (χ1) is 13.6. The third-order valence-electron chi connectivity index (χ3n) is 5.07. The predicted molar refractivity (Wildman–Crippen MR) is 115 cm³/mol. The maximum absolute atomic E-state index is 11.7. The number of carboxylic acid groups (broad SMARTS) is 1. The Morgan fingerprint density at radius 1 is 1.34 bits per heavy atom. The van der Waals surface area contributed by atoms with Crippen LogP contribution in [0.15, 0.2) is 18.2 Å². The van der Waals surface area contributed by atoms with Gasteiger partial charge in [0.1, 0.15) is 0 Å². The van der Waals surface area contributed by atoms with Gasteiger partial charge in [-0.15, -0.1) is 0 Å². The highest BCUT2D eigenvalue weighted by molar-refractivity contribution is 7.92. The lowest BCUT2D eigenvalue weighted by Crippen LogP contribution is -2.44. The Morgan fingerprint density at radius 2 is 2.00 bits per heavy atom. The van der Waals surface area contributed by atoms with Crippen molar-refractivity contribution in [3.63, 3.8) is 0 Å². The average molecular weight is 428 g/mol. The minimum atomic E-state index is -3.51. The molecule has 0 aliphatic carbocycles. The first-order valence-corrected chi connectivity index (χ1v) is 11.9. The number of anilines is 2. The van der Waals surface area contributed by atoms with Gasteiger partial charge < -0.3 is 19.6 Å². The molecule has 0 unspecified atom stereocenters. The molecule has 0 radical (unpaired) electrons. The second kappa shape index (κ2) is 10.3. The number of nitrogens with one attached hydrogen (secondary N) is 1. The molecule has 1 aliphatic heterocycles. The fraction of sp³-hybridized carbons (Fsp3) is 0.650. The summed E-state index contributed by atoms with van der Waals surface area (Å²) < 4.78 is 31.5. The number of carbonyl (C=O) groups is 1. The number of hydrogen-bond acceptors (Lipinski definition) is 6. The van der Waals surface area contributed by atoms with Crippen molar-refractivity contribution in [1.82, 2.24) is 4.90 Å². The van der Waals surface area contributed by atoms with Crippen LogP contribution in [0.5, 0.6) is 0 Å². The van der Waals surface area contributed by atoms with Gasteiger partial charge in [0, 0.05) is 32.3 Å². The monoisotopic (exact) mass is 427 g/mol. The molecule has 1 aromatic carbocycles. The number of piperidine rings is 1. The van der Waals surface area contributed by atoms with Crippen molar-refractivity contribution in [3.8, 4) is 0 Å². The molecule has 2 N–H and O–H groups in total. The van der Waals surface area contributed by atoms with Crippen molar-refractivity contribution in [3.05, 3.63) is 23.8 Å². The van der Waals surface area contributed by atoms with Crippen LogP contribution in [0.1, 0.15) is 43.5 Å². The maximum Gasteiger partial charge on any atom is 0.335 e. The second-order valence-corrected chi connectivity index (χ2v) is 9.63.